The number of nitrogens with two attached hydrogens (primary N) is 1. The molecule has 23 heavy (non-hydrogen) atoms. The number of hydrogen-bond acceptors (Lipinski definition) is 4. The molecule has 1 aromatic heterocycles. The summed E-state index contributed by atoms with van der Waals surface area (Å²) in [6.45, 7) is 7.44. The van der Waals surface area contributed by atoms with Crippen LogP contribution in [0.25, 0.3) is 0 Å². The summed E-state index contributed by atoms with van der Waals surface area (Å²) in [7, 11) is 1.82. The molecule has 0 atom stereocenters. The highest BCUT2D eigenvalue weighted by molar-refractivity contribution is 5.94. The Bertz CT molecular complexity index is 504. The highest BCUT2D eigenvalue weighted by Gasteiger charge is 2.22. The molecule has 128 valence electrons. The number of carbonyl (C=O) groups excluding carboxylic acids is 1. The van der Waals surface area contributed by atoms with Gasteiger partial charge in [-0.05, 0) is 36.9 Å². The molecule has 0 saturated carbocycles. The van der Waals surface area contributed by atoms with Crippen LogP contribution < -0.4 is 10.6 Å². The van der Waals surface area contributed by atoms with Gasteiger partial charge in [0.25, 0.3) is 5.91 Å². The third-order valence-electron chi connectivity index (χ3n) is 4.49. The summed E-state index contributed by atoms with van der Waals surface area (Å²) in [5, 5.41) is 0. The minimum Gasteiger partial charge on any atom is -0.357 e. The number of rotatable bonds is 5. The topological polar surface area (TPSA) is 62.5 Å². The summed E-state index contributed by atoms with van der Waals surface area (Å²) < 4.78 is 0. The molecule has 2 rings (SSSR count). The molecule has 0 aliphatic carbocycles. The van der Waals surface area contributed by atoms with Crippen molar-refractivity contribution >= 4 is 11.7 Å². The van der Waals surface area contributed by atoms with Gasteiger partial charge in [0.1, 0.15) is 5.82 Å². The Balaban J connectivity index is 2.02. The van der Waals surface area contributed by atoms with E-state index in [0.717, 1.165) is 18.9 Å². The fourth-order valence-electron chi connectivity index (χ4n) is 3.00. The van der Waals surface area contributed by atoms with E-state index in [9.17, 15) is 4.79 Å². The van der Waals surface area contributed by atoms with Gasteiger partial charge in [-0.15, -0.1) is 0 Å². The van der Waals surface area contributed by atoms with Crippen LogP contribution in [0.5, 0.6) is 0 Å². The molecule has 1 aliphatic heterocycles. The SMILES string of the molecule is CN(CC(C)(C)CN)C(=O)c1ccc(N2CCCCCC2)nc1. The molecule has 2 heterocycles. The third kappa shape index (κ3) is 4.93. The van der Waals surface area contributed by atoms with E-state index < -0.39 is 0 Å². The minimum absolute atomic E-state index is 0.00133. The zero-order valence-electron chi connectivity index (χ0n) is 14.7. The summed E-state index contributed by atoms with van der Waals surface area (Å²) >= 11 is 0. The number of amides is 1. The number of carbonyl (C=O) groups is 1. The fourth-order valence-corrected chi connectivity index (χ4v) is 3.00. The maximum atomic E-state index is 12.5. The Morgan fingerprint density at radius 2 is 1.91 bits per heavy atom. The van der Waals surface area contributed by atoms with Crippen molar-refractivity contribution < 1.29 is 4.79 Å². The van der Waals surface area contributed by atoms with Gasteiger partial charge in [0.15, 0.2) is 0 Å². The first-order valence-electron chi connectivity index (χ1n) is 8.59. The summed E-state index contributed by atoms with van der Waals surface area (Å²) in [4.78, 5) is 21.1. The fraction of sp³-hybridized carbons (Fsp3) is 0.667. The van der Waals surface area contributed by atoms with Gasteiger partial charge in [-0.1, -0.05) is 26.7 Å². The van der Waals surface area contributed by atoms with Gasteiger partial charge in [0.05, 0.1) is 5.56 Å². The zero-order valence-corrected chi connectivity index (χ0v) is 14.7. The average molecular weight is 318 g/mol. The number of pyridine rings is 1. The number of nitrogens with zero attached hydrogens (tertiary/aromatic N) is 3. The summed E-state index contributed by atoms with van der Waals surface area (Å²) in [6, 6.07) is 3.86. The summed E-state index contributed by atoms with van der Waals surface area (Å²) in [5.41, 5.74) is 6.31. The quantitative estimate of drug-likeness (QED) is 0.906. The Kier molecular flexibility index (Phi) is 5.99. The van der Waals surface area contributed by atoms with E-state index in [1.807, 2.05) is 19.2 Å². The monoisotopic (exact) mass is 318 g/mol. The van der Waals surface area contributed by atoms with Gasteiger partial charge in [0, 0.05) is 32.9 Å². The second kappa shape index (κ2) is 7.77. The van der Waals surface area contributed by atoms with Gasteiger partial charge < -0.3 is 15.5 Å². The molecule has 0 unspecified atom stereocenters. The van der Waals surface area contributed by atoms with E-state index in [1.54, 1.807) is 11.1 Å². The smallest absolute Gasteiger partial charge is 0.255 e. The lowest BCUT2D eigenvalue weighted by molar-refractivity contribution is 0.0740. The lowest BCUT2D eigenvalue weighted by Crippen LogP contribution is -2.39. The molecule has 1 amide bonds. The first-order chi connectivity index (χ1) is 10.9. The van der Waals surface area contributed by atoms with Crippen molar-refractivity contribution in [3.8, 4) is 0 Å². The van der Waals surface area contributed by atoms with Gasteiger partial charge in [-0.25, -0.2) is 4.98 Å². The van der Waals surface area contributed by atoms with Crippen LogP contribution in [0.4, 0.5) is 5.82 Å². The highest BCUT2D eigenvalue weighted by atomic mass is 16.2. The van der Waals surface area contributed by atoms with Gasteiger partial charge in [-0.2, -0.15) is 0 Å². The highest BCUT2D eigenvalue weighted by Crippen LogP contribution is 2.19. The molecule has 5 nitrogen and oxygen atoms in total. The number of hydrogen-bond donors (Lipinski definition) is 1. The van der Waals surface area contributed by atoms with Gasteiger partial charge >= 0.3 is 0 Å². The molecule has 1 aliphatic rings. The predicted octanol–water partition coefficient (Wildman–Crippen LogP) is 2.52. The van der Waals surface area contributed by atoms with Crippen LogP contribution >= 0.6 is 0 Å². The maximum Gasteiger partial charge on any atom is 0.255 e. The van der Waals surface area contributed by atoms with E-state index in [0.29, 0.717) is 18.7 Å². The lowest BCUT2D eigenvalue weighted by atomic mass is 9.93. The normalized spacial score (nSPS) is 16.1. The van der Waals surface area contributed by atoms with E-state index in [-0.39, 0.29) is 11.3 Å². The van der Waals surface area contributed by atoms with Crippen LogP contribution in [-0.4, -0.2) is 49.0 Å². The minimum atomic E-state index is -0.0795. The summed E-state index contributed by atoms with van der Waals surface area (Å²) in [5.74, 6) is 0.981. The van der Waals surface area contributed by atoms with Crippen LogP contribution in [0.3, 0.4) is 0 Å². The molecule has 0 aromatic carbocycles. The third-order valence-corrected chi connectivity index (χ3v) is 4.49. The van der Waals surface area contributed by atoms with Gasteiger partial charge in [0.2, 0.25) is 0 Å². The van der Waals surface area contributed by atoms with Crippen molar-refractivity contribution in [3.05, 3.63) is 23.9 Å². The zero-order chi connectivity index (χ0) is 16.9. The van der Waals surface area contributed by atoms with Crippen LogP contribution in [0, 0.1) is 5.41 Å². The van der Waals surface area contributed by atoms with E-state index in [2.05, 4.69) is 23.7 Å². The molecule has 0 radical (unpaired) electrons. The molecule has 0 spiro atoms. The largest absolute Gasteiger partial charge is 0.357 e. The van der Waals surface area contributed by atoms with Gasteiger partial charge in [-0.3, -0.25) is 4.79 Å². The Labute approximate surface area is 139 Å². The lowest BCUT2D eigenvalue weighted by Gasteiger charge is -2.29. The molecule has 0 bridgehead atoms. The van der Waals surface area contributed by atoms with Crippen molar-refractivity contribution in [1.82, 2.24) is 9.88 Å². The van der Waals surface area contributed by atoms with Crippen molar-refractivity contribution in [3.63, 3.8) is 0 Å². The Morgan fingerprint density at radius 1 is 1.26 bits per heavy atom. The first-order valence-corrected chi connectivity index (χ1v) is 8.59. The molecular formula is C18H30N4O. The molecule has 1 saturated heterocycles. The van der Waals surface area contributed by atoms with Crippen molar-refractivity contribution in [1.29, 1.82) is 0 Å². The Hall–Kier alpha value is -1.62. The standard InChI is InChI=1S/C18H30N4O/c1-18(2,13-19)14-21(3)17(23)15-8-9-16(20-12-15)22-10-6-4-5-7-11-22/h8-9,12H,4-7,10-11,13-14,19H2,1-3H3. The van der Waals surface area contributed by atoms with Crippen LogP contribution in [0.2, 0.25) is 0 Å². The van der Waals surface area contributed by atoms with Crippen molar-refractivity contribution in [2.45, 2.75) is 39.5 Å². The van der Waals surface area contributed by atoms with E-state index in [4.69, 9.17) is 5.73 Å². The molecule has 5 heteroatoms. The van der Waals surface area contributed by atoms with Crippen LogP contribution in [-0.2, 0) is 0 Å². The second-order valence-electron chi connectivity index (χ2n) is 7.34. The maximum absolute atomic E-state index is 12.5. The summed E-state index contributed by atoms with van der Waals surface area (Å²) in [6.07, 6.45) is 6.75. The average Bonchev–Trinajstić information content (AvgIpc) is 2.83. The van der Waals surface area contributed by atoms with Crippen LogP contribution in [0.15, 0.2) is 18.3 Å². The molecule has 1 fully saturated rings. The Morgan fingerprint density at radius 3 is 2.43 bits per heavy atom. The predicted molar refractivity (Wildman–Crippen MR) is 94.7 cm³/mol. The number of anilines is 1. The molecule has 1 aromatic rings. The van der Waals surface area contributed by atoms with E-state index in [1.165, 1.54) is 25.7 Å². The molecular weight excluding hydrogens is 288 g/mol. The molecule has 2 N–H and O–H groups in total. The van der Waals surface area contributed by atoms with Crippen molar-refractivity contribution in [2.75, 3.05) is 38.1 Å². The van der Waals surface area contributed by atoms with Crippen LogP contribution in [0.1, 0.15) is 49.9 Å². The van der Waals surface area contributed by atoms with Crippen molar-refractivity contribution in [2.24, 2.45) is 11.1 Å². The second-order valence-corrected chi connectivity index (χ2v) is 7.34. The van der Waals surface area contributed by atoms with E-state index >= 15 is 0 Å². The number of aromatic nitrogens is 1. The first kappa shape index (κ1) is 17.7.